The van der Waals surface area contributed by atoms with Gasteiger partial charge < -0.3 is 5.11 Å². The van der Waals surface area contributed by atoms with Gasteiger partial charge in [0.05, 0.1) is 11.0 Å². The van der Waals surface area contributed by atoms with Gasteiger partial charge in [0.15, 0.2) is 0 Å². The average molecular weight is 361 g/mol. The number of aliphatic hydroxyl groups is 1. The molecule has 0 bridgehead atoms. The first-order valence-corrected chi connectivity index (χ1v) is 7.65. The lowest BCUT2D eigenvalue weighted by molar-refractivity contribution is -0.387. The van der Waals surface area contributed by atoms with E-state index in [1.54, 1.807) is 19.2 Å². The molecule has 0 fully saturated rings. The Labute approximate surface area is 126 Å². The van der Waals surface area contributed by atoms with Gasteiger partial charge in [-0.3, -0.25) is 10.1 Å². The first-order chi connectivity index (χ1) is 8.97. The van der Waals surface area contributed by atoms with Gasteiger partial charge in [0, 0.05) is 21.6 Å². The van der Waals surface area contributed by atoms with Crippen molar-refractivity contribution >= 4 is 44.7 Å². The van der Waals surface area contributed by atoms with Crippen molar-refractivity contribution in [2.75, 3.05) is 0 Å². The predicted octanol–water partition coefficient (Wildman–Crippen LogP) is 4.02. The summed E-state index contributed by atoms with van der Waals surface area (Å²) in [5.74, 6) is 0. The molecule has 0 radical (unpaired) electrons. The van der Waals surface area contributed by atoms with E-state index in [4.69, 9.17) is 0 Å². The summed E-state index contributed by atoms with van der Waals surface area (Å²) in [6.45, 7) is 1.59. The summed E-state index contributed by atoms with van der Waals surface area (Å²) in [6, 6.07) is 5.01. The predicted molar refractivity (Wildman–Crippen MR) is 77.7 cm³/mol. The van der Waals surface area contributed by atoms with Crippen molar-refractivity contribution in [2.24, 2.45) is 0 Å². The van der Waals surface area contributed by atoms with Gasteiger partial charge in [0.2, 0.25) is 0 Å². The van der Waals surface area contributed by atoms with Crippen LogP contribution in [-0.2, 0) is 0 Å². The summed E-state index contributed by atoms with van der Waals surface area (Å²) in [5, 5.41) is 21.2. The Kier molecular flexibility index (Phi) is 4.56. The van der Waals surface area contributed by atoms with Crippen LogP contribution in [0.15, 0.2) is 38.1 Å². The number of aromatic nitrogens is 1. The molecule has 8 heteroatoms. The van der Waals surface area contributed by atoms with Gasteiger partial charge in [0.25, 0.3) is 5.69 Å². The molecule has 0 aliphatic rings. The number of thiophene rings is 1. The van der Waals surface area contributed by atoms with E-state index >= 15 is 0 Å². The number of nitro groups is 1. The van der Waals surface area contributed by atoms with Crippen molar-refractivity contribution in [3.63, 3.8) is 0 Å². The van der Waals surface area contributed by atoms with Crippen molar-refractivity contribution in [1.82, 2.24) is 4.98 Å². The molecule has 0 aromatic carbocycles. The highest BCUT2D eigenvalue weighted by Gasteiger charge is 2.22. The summed E-state index contributed by atoms with van der Waals surface area (Å²) in [4.78, 5) is 15.3. The zero-order valence-electron chi connectivity index (χ0n) is 9.74. The summed E-state index contributed by atoms with van der Waals surface area (Å²) in [7, 11) is 0. The van der Waals surface area contributed by atoms with Crippen molar-refractivity contribution in [3.8, 4) is 0 Å². The normalized spacial score (nSPS) is 12.4. The van der Waals surface area contributed by atoms with E-state index in [0.29, 0.717) is 14.1 Å². The molecule has 0 aliphatic heterocycles. The van der Waals surface area contributed by atoms with E-state index in [-0.39, 0.29) is 5.69 Å². The lowest BCUT2D eigenvalue weighted by Gasteiger charge is -1.98. The Morgan fingerprint density at radius 3 is 2.84 bits per heavy atom. The molecule has 1 N–H and O–H groups in total. The number of hydrogen-bond acceptors (Lipinski definition) is 6. The van der Waals surface area contributed by atoms with Gasteiger partial charge >= 0.3 is 0 Å². The molecule has 0 aliphatic carbocycles. The van der Waals surface area contributed by atoms with E-state index < -0.39 is 11.0 Å². The standard InChI is InChI=1S/C11H9BrN2O3S2/c1-6(15)9-4-8(14(16)17)11(18-9)19-10-3-2-7(12)5-13-10/h2-6,15H,1H3/t6-/m0/s1. The van der Waals surface area contributed by atoms with Crippen LogP contribution in [0.5, 0.6) is 0 Å². The third-order valence-electron chi connectivity index (χ3n) is 2.20. The van der Waals surface area contributed by atoms with E-state index in [9.17, 15) is 15.2 Å². The highest BCUT2D eigenvalue weighted by molar-refractivity contribution is 9.10. The Hall–Kier alpha value is -0.960. The first-order valence-electron chi connectivity index (χ1n) is 5.23. The molecule has 1 atom stereocenters. The molecule has 100 valence electrons. The van der Waals surface area contributed by atoms with Crippen LogP contribution in [-0.4, -0.2) is 15.0 Å². The van der Waals surface area contributed by atoms with Gasteiger partial charge in [-0.05, 0) is 35.0 Å². The quantitative estimate of drug-likeness (QED) is 0.658. The first kappa shape index (κ1) is 14.4. The lowest BCUT2D eigenvalue weighted by atomic mass is 10.3. The summed E-state index contributed by atoms with van der Waals surface area (Å²) in [6.07, 6.45) is 0.924. The van der Waals surface area contributed by atoms with Crippen LogP contribution in [0.4, 0.5) is 5.69 Å². The minimum Gasteiger partial charge on any atom is -0.388 e. The van der Waals surface area contributed by atoms with Crippen molar-refractivity contribution < 1.29 is 10.0 Å². The molecule has 0 amide bonds. The number of aliphatic hydroxyl groups excluding tert-OH is 1. The highest BCUT2D eigenvalue weighted by atomic mass is 79.9. The fraction of sp³-hybridized carbons (Fsp3) is 0.182. The van der Waals surface area contributed by atoms with Crippen molar-refractivity contribution in [2.45, 2.75) is 22.3 Å². The molecular weight excluding hydrogens is 352 g/mol. The van der Waals surface area contributed by atoms with E-state index in [1.165, 1.54) is 29.2 Å². The molecule has 2 aromatic rings. The number of pyridine rings is 1. The Balaban J connectivity index is 2.33. The van der Waals surface area contributed by atoms with Crippen molar-refractivity contribution in [3.05, 3.63) is 43.9 Å². The van der Waals surface area contributed by atoms with E-state index in [1.807, 2.05) is 6.07 Å². The molecule has 19 heavy (non-hydrogen) atoms. The van der Waals surface area contributed by atoms with E-state index in [2.05, 4.69) is 20.9 Å². The Bertz CT molecular complexity index is 598. The molecular formula is C11H9BrN2O3S2. The van der Waals surface area contributed by atoms with Gasteiger partial charge in [-0.1, -0.05) is 11.8 Å². The molecule has 0 saturated heterocycles. The third kappa shape index (κ3) is 3.53. The minimum absolute atomic E-state index is 0.00983. The van der Waals surface area contributed by atoms with Gasteiger partial charge in [-0.15, -0.1) is 11.3 Å². The highest BCUT2D eigenvalue weighted by Crippen LogP contribution is 2.42. The Morgan fingerprint density at radius 2 is 2.32 bits per heavy atom. The topological polar surface area (TPSA) is 76.3 Å². The summed E-state index contributed by atoms with van der Waals surface area (Å²) < 4.78 is 1.37. The number of nitrogens with zero attached hydrogens (tertiary/aromatic N) is 2. The van der Waals surface area contributed by atoms with Crippen LogP contribution in [0.3, 0.4) is 0 Å². The second-order valence-corrected chi connectivity index (χ2v) is 6.96. The molecule has 0 unspecified atom stereocenters. The molecule has 2 rings (SSSR count). The van der Waals surface area contributed by atoms with Crippen LogP contribution in [0.1, 0.15) is 17.9 Å². The maximum Gasteiger partial charge on any atom is 0.294 e. The number of rotatable bonds is 4. The van der Waals surface area contributed by atoms with Crippen LogP contribution in [0.25, 0.3) is 0 Å². The number of halogens is 1. The summed E-state index contributed by atoms with van der Waals surface area (Å²) in [5.41, 5.74) is 0.00983. The average Bonchev–Trinajstić information content (AvgIpc) is 2.76. The molecule has 0 saturated carbocycles. The fourth-order valence-corrected chi connectivity index (χ4v) is 3.72. The Morgan fingerprint density at radius 1 is 1.58 bits per heavy atom. The second kappa shape index (κ2) is 6.00. The zero-order valence-corrected chi connectivity index (χ0v) is 13.0. The maximum atomic E-state index is 11.0. The zero-order chi connectivity index (χ0) is 14.0. The fourth-order valence-electron chi connectivity index (χ4n) is 1.31. The largest absolute Gasteiger partial charge is 0.388 e. The second-order valence-electron chi connectivity index (χ2n) is 3.67. The van der Waals surface area contributed by atoms with Gasteiger partial charge in [-0.2, -0.15) is 0 Å². The number of hydrogen-bond donors (Lipinski definition) is 1. The monoisotopic (exact) mass is 360 g/mol. The molecule has 0 spiro atoms. The van der Waals surface area contributed by atoms with Crippen LogP contribution in [0, 0.1) is 10.1 Å². The molecule has 2 heterocycles. The smallest absolute Gasteiger partial charge is 0.294 e. The maximum absolute atomic E-state index is 11.0. The molecule has 2 aromatic heterocycles. The van der Waals surface area contributed by atoms with Crippen LogP contribution in [0.2, 0.25) is 0 Å². The van der Waals surface area contributed by atoms with Gasteiger partial charge in [0.1, 0.15) is 9.24 Å². The molecule has 5 nitrogen and oxygen atoms in total. The summed E-state index contributed by atoms with van der Waals surface area (Å²) >= 11 is 5.72. The van der Waals surface area contributed by atoms with Gasteiger partial charge in [-0.25, -0.2) is 4.98 Å². The van der Waals surface area contributed by atoms with Crippen LogP contribution >= 0.6 is 39.0 Å². The lowest BCUT2D eigenvalue weighted by Crippen LogP contribution is -1.87. The third-order valence-corrected chi connectivity index (χ3v) is 5.11. The van der Waals surface area contributed by atoms with Crippen molar-refractivity contribution in [1.29, 1.82) is 0 Å². The minimum atomic E-state index is -0.712. The van der Waals surface area contributed by atoms with E-state index in [0.717, 1.165) is 4.47 Å². The SMILES string of the molecule is C[C@H](O)c1cc([N+](=O)[O-])c(Sc2ccc(Br)cn2)s1. The van der Waals surface area contributed by atoms with Crippen LogP contribution < -0.4 is 0 Å².